The number of piperidine rings is 1. The molecular formula is C18H26ClN3O2. The van der Waals surface area contributed by atoms with Crippen molar-refractivity contribution in [1.82, 2.24) is 5.32 Å². The monoisotopic (exact) mass is 351 g/mol. The Balaban J connectivity index is 2.22. The number of hydrogen-bond acceptors (Lipinski definition) is 3. The lowest BCUT2D eigenvalue weighted by atomic mass is 10.0. The number of nitrogens with zero attached hydrogens (tertiary/aromatic N) is 1. The van der Waals surface area contributed by atoms with Crippen LogP contribution in [0.2, 0.25) is 5.02 Å². The molecule has 1 aliphatic rings. The molecule has 2 amide bonds. The maximum atomic E-state index is 12.6. The van der Waals surface area contributed by atoms with Gasteiger partial charge in [-0.3, -0.25) is 9.59 Å². The SMILES string of the molecule is CC(=O)N[C@@H](C(=O)Nc1cc(Cl)ccc1N1CCCCC1)C(C)C. The highest BCUT2D eigenvalue weighted by Gasteiger charge is 2.24. The molecule has 1 saturated heterocycles. The number of carbonyl (C=O) groups excluding carboxylic acids is 2. The molecule has 1 heterocycles. The number of hydrogen-bond donors (Lipinski definition) is 2. The fourth-order valence-corrected chi connectivity index (χ4v) is 3.16. The third kappa shape index (κ3) is 4.87. The first-order valence-corrected chi connectivity index (χ1v) is 8.88. The second kappa shape index (κ2) is 8.38. The van der Waals surface area contributed by atoms with Crippen LogP contribution >= 0.6 is 11.6 Å². The molecule has 0 saturated carbocycles. The molecule has 6 heteroatoms. The van der Waals surface area contributed by atoms with Gasteiger partial charge in [-0.05, 0) is 43.4 Å². The third-order valence-electron chi connectivity index (χ3n) is 4.22. The molecule has 24 heavy (non-hydrogen) atoms. The molecule has 0 spiro atoms. The molecule has 2 N–H and O–H groups in total. The lowest BCUT2D eigenvalue weighted by Gasteiger charge is -2.31. The summed E-state index contributed by atoms with van der Waals surface area (Å²) in [5.74, 6) is -0.446. The summed E-state index contributed by atoms with van der Waals surface area (Å²) < 4.78 is 0. The molecule has 1 aromatic rings. The minimum absolute atomic E-state index is 0.00785. The summed E-state index contributed by atoms with van der Waals surface area (Å²) in [4.78, 5) is 26.3. The van der Waals surface area contributed by atoms with Crippen LogP contribution < -0.4 is 15.5 Å². The molecule has 1 fully saturated rings. The van der Waals surface area contributed by atoms with Gasteiger partial charge in [0.2, 0.25) is 11.8 Å². The highest BCUT2D eigenvalue weighted by Crippen LogP contribution is 2.31. The van der Waals surface area contributed by atoms with Gasteiger partial charge in [0.05, 0.1) is 11.4 Å². The van der Waals surface area contributed by atoms with E-state index in [1.54, 1.807) is 6.07 Å². The Bertz CT molecular complexity index is 598. The molecule has 2 rings (SSSR count). The van der Waals surface area contributed by atoms with E-state index < -0.39 is 6.04 Å². The van der Waals surface area contributed by atoms with Gasteiger partial charge < -0.3 is 15.5 Å². The molecular weight excluding hydrogens is 326 g/mol. The van der Waals surface area contributed by atoms with E-state index >= 15 is 0 Å². The number of amides is 2. The van der Waals surface area contributed by atoms with E-state index in [4.69, 9.17) is 11.6 Å². The molecule has 0 aromatic heterocycles. The van der Waals surface area contributed by atoms with Crippen molar-refractivity contribution in [3.05, 3.63) is 23.2 Å². The standard InChI is InChI=1S/C18H26ClN3O2/c1-12(2)17(20-13(3)23)18(24)21-15-11-14(19)7-8-16(15)22-9-5-4-6-10-22/h7-8,11-12,17H,4-6,9-10H2,1-3H3,(H,20,23)(H,21,24)/t17-/m1/s1. The van der Waals surface area contributed by atoms with Crippen molar-refractivity contribution >= 4 is 34.8 Å². The Morgan fingerprint density at radius 2 is 1.83 bits per heavy atom. The lowest BCUT2D eigenvalue weighted by molar-refractivity contribution is -0.126. The van der Waals surface area contributed by atoms with E-state index in [-0.39, 0.29) is 17.7 Å². The van der Waals surface area contributed by atoms with E-state index in [1.165, 1.54) is 13.3 Å². The zero-order valence-electron chi connectivity index (χ0n) is 14.6. The Morgan fingerprint density at radius 1 is 1.17 bits per heavy atom. The topological polar surface area (TPSA) is 61.4 Å². The van der Waals surface area contributed by atoms with Crippen LogP contribution in [0.4, 0.5) is 11.4 Å². The minimum Gasteiger partial charge on any atom is -0.370 e. The van der Waals surface area contributed by atoms with Gasteiger partial charge in [0.15, 0.2) is 0 Å². The molecule has 0 unspecified atom stereocenters. The van der Waals surface area contributed by atoms with Crippen LogP contribution in [0.5, 0.6) is 0 Å². The van der Waals surface area contributed by atoms with Crippen molar-refractivity contribution in [3.63, 3.8) is 0 Å². The van der Waals surface area contributed by atoms with Gasteiger partial charge >= 0.3 is 0 Å². The second-order valence-electron chi connectivity index (χ2n) is 6.62. The summed E-state index contributed by atoms with van der Waals surface area (Å²) in [6.07, 6.45) is 3.54. The fraction of sp³-hybridized carbons (Fsp3) is 0.556. The van der Waals surface area contributed by atoms with Crippen LogP contribution in [0.15, 0.2) is 18.2 Å². The second-order valence-corrected chi connectivity index (χ2v) is 7.06. The number of carbonyl (C=O) groups is 2. The molecule has 1 aromatic carbocycles. The van der Waals surface area contributed by atoms with Crippen molar-refractivity contribution in [2.45, 2.75) is 46.1 Å². The molecule has 0 radical (unpaired) electrons. The highest BCUT2D eigenvalue weighted by molar-refractivity contribution is 6.31. The van der Waals surface area contributed by atoms with E-state index in [2.05, 4.69) is 15.5 Å². The number of nitrogens with one attached hydrogen (secondary N) is 2. The van der Waals surface area contributed by atoms with Gasteiger partial charge in [0.1, 0.15) is 6.04 Å². The summed E-state index contributed by atoms with van der Waals surface area (Å²) in [6, 6.07) is 4.99. The zero-order chi connectivity index (χ0) is 17.7. The van der Waals surface area contributed by atoms with Crippen molar-refractivity contribution in [2.75, 3.05) is 23.3 Å². The molecule has 1 atom stereocenters. The Morgan fingerprint density at radius 3 is 2.42 bits per heavy atom. The van der Waals surface area contributed by atoms with Gasteiger partial charge in [-0.2, -0.15) is 0 Å². The summed E-state index contributed by atoms with van der Waals surface area (Å²) in [6.45, 7) is 7.18. The number of rotatable bonds is 5. The molecule has 0 aliphatic carbocycles. The van der Waals surface area contributed by atoms with Crippen molar-refractivity contribution in [1.29, 1.82) is 0 Å². The summed E-state index contributed by atoms with van der Waals surface area (Å²) in [5.41, 5.74) is 1.68. The van der Waals surface area contributed by atoms with Gasteiger partial charge in [-0.15, -0.1) is 0 Å². The first-order valence-electron chi connectivity index (χ1n) is 8.51. The number of halogens is 1. The van der Waals surface area contributed by atoms with E-state index in [0.29, 0.717) is 10.7 Å². The van der Waals surface area contributed by atoms with E-state index in [9.17, 15) is 9.59 Å². The van der Waals surface area contributed by atoms with Crippen molar-refractivity contribution < 1.29 is 9.59 Å². The van der Waals surface area contributed by atoms with Crippen LogP contribution in [0.3, 0.4) is 0 Å². The Kier molecular flexibility index (Phi) is 6.49. The predicted octanol–water partition coefficient (Wildman–Crippen LogP) is 3.43. The average molecular weight is 352 g/mol. The summed E-state index contributed by atoms with van der Waals surface area (Å²) >= 11 is 6.13. The molecule has 1 aliphatic heterocycles. The Hall–Kier alpha value is -1.75. The minimum atomic E-state index is -0.573. The number of benzene rings is 1. The molecule has 5 nitrogen and oxygen atoms in total. The lowest BCUT2D eigenvalue weighted by Crippen LogP contribution is -2.46. The zero-order valence-corrected chi connectivity index (χ0v) is 15.3. The summed E-state index contributed by atoms with van der Waals surface area (Å²) in [7, 11) is 0. The smallest absolute Gasteiger partial charge is 0.247 e. The van der Waals surface area contributed by atoms with Gasteiger partial charge in [0, 0.05) is 25.0 Å². The van der Waals surface area contributed by atoms with Crippen molar-refractivity contribution in [3.8, 4) is 0 Å². The van der Waals surface area contributed by atoms with Gasteiger partial charge in [0.25, 0.3) is 0 Å². The maximum Gasteiger partial charge on any atom is 0.247 e. The van der Waals surface area contributed by atoms with Gasteiger partial charge in [-0.25, -0.2) is 0 Å². The van der Waals surface area contributed by atoms with Crippen LogP contribution in [0.25, 0.3) is 0 Å². The van der Waals surface area contributed by atoms with Crippen LogP contribution in [-0.2, 0) is 9.59 Å². The number of anilines is 2. The summed E-state index contributed by atoms with van der Waals surface area (Å²) in [5, 5.41) is 6.25. The molecule has 0 bridgehead atoms. The highest BCUT2D eigenvalue weighted by atomic mass is 35.5. The quantitative estimate of drug-likeness (QED) is 0.854. The average Bonchev–Trinajstić information content (AvgIpc) is 2.53. The van der Waals surface area contributed by atoms with Crippen LogP contribution in [0, 0.1) is 5.92 Å². The Labute approximate surface area is 148 Å². The maximum absolute atomic E-state index is 12.6. The largest absolute Gasteiger partial charge is 0.370 e. The third-order valence-corrected chi connectivity index (χ3v) is 4.46. The first-order chi connectivity index (χ1) is 11.4. The van der Waals surface area contributed by atoms with Crippen LogP contribution in [-0.4, -0.2) is 30.9 Å². The van der Waals surface area contributed by atoms with Gasteiger partial charge in [-0.1, -0.05) is 25.4 Å². The normalized spacial score (nSPS) is 16.0. The van der Waals surface area contributed by atoms with E-state index in [1.807, 2.05) is 26.0 Å². The molecule has 132 valence electrons. The predicted molar refractivity (Wildman–Crippen MR) is 98.6 cm³/mol. The van der Waals surface area contributed by atoms with E-state index in [0.717, 1.165) is 31.6 Å². The fourth-order valence-electron chi connectivity index (χ4n) is 2.98. The first kappa shape index (κ1) is 18.6. The van der Waals surface area contributed by atoms with Crippen molar-refractivity contribution in [2.24, 2.45) is 5.92 Å². The van der Waals surface area contributed by atoms with Crippen LogP contribution in [0.1, 0.15) is 40.0 Å².